The number of hydrogen-bond acceptors (Lipinski definition) is 2. The van der Waals surface area contributed by atoms with Crippen molar-refractivity contribution < 1.29 is 9.22 Å². The van der Waals surface area contributed by atoms with E-state index in [0.29, 0.717) is 6.42 Å². The minimum atomic E-state index is -1.71. The van der Waals surface area contributed by atoms with Crippen LogP contribution in [0.25, 0.3) is 0 Å². The SMILES string of the molecule is C=C[C@@H](CCCC=O)O[Si](C)(C)C(C)(C)C. The van der Waals surface area contributed by atoms with Gasteiger partial charge in [-0.25, -0.2) is 0 Å². The van der Waals surface area contributed by atoms with Crippen LogP contribution in [0.2, 0.25) is 18.1 Å². The normalized spacial score (nSPS) is 14.6. The Balaban J connectivity index is 4.30. The Hall–Kier alpha value is -0.413. The first kappa shape index (κ1) is 15.6. The first-order valence-electron chi connectivity index (χ1n) is 5.98. The van der Waals surface area contributed by atoms with Crippen LogP contribution in [0.4, 0.5) is 0 Å². The number of unbranched alkanes of at least 4 members (excludes halogenated alkanes) is 1. The number of rotatable bonds is 7. The molecule has 0 aromatic heterocycles. The van der Waals surface area contributed by atoms with Gasteiger partial charge in [0.15, 0.2) is 8.32 Å². The van der Waals surface area contributed by atoms with Crippen LogP contribution in [0.15, 0.2) is 12.7 Å². The molecule has 94 valence electrons. The minimum Gasteiger partial charge on any atom is -0.411 e. The lowest BCUT2D eigenvalue weighted by Gasteiger charge is -2.38. The van der Waals surface area contributed by atoms with Gasteiger partial charge in [0, 0.05) is 6.42 Å². The molecular weight excluding hydrogens is 216 g/mol. The first-order valence-corrected chi connectivity index (χ1v) is 8.89. The van der Waals surface area contributed by atoms with Crippen LogP contribution in [-0.4, -0.2) is 20.7 Å². The summed E-state index contributed by atoms with van der Waals surface area (Å²) in [5.41, 5.74) is 0. The number of aldehydes is 1. The second-order valence-corrected chi connectivity index (χ2v) is 10.5. The Morgan fingerprint density at radius 1 is 1.38 bits per heavy atom. The monoisotopic (exact) mass is 242 g/mol. The van der Waals surface area contributed by atoms with E-state index < -0.39 is 8.32 Å². The van der Waals surface area contributed by atoms with Gasteiger partial charge < -0.3 is 9.22 Å². The van der Waals surface area contributed by atoms with Crippen LogP contribution in [0.3, 0.4) is 0 Å². The molecule has 0 bridgehead atoms. The fraction of sp³-hybridized carbons (Fsp3) is 0.769. The van der Waals surface area contributed by atoms with E-state index in [2.05, 4.69) is 40.4 Å². The maximum atomic E-state index is 10.3. The van der Waals surface area contributed by atoms with Crippen LogP contribution in [0, 0.1) is 0 Å². The second kappa shape index (κ2) is 6.35. The highest BCUT2D eigenvalue weighted by atomic mass is 28.4. The van der Waals surface area contributed by atoms with E-state index in [9.17, 15) is 4.79 Å². The highest BCUT2D eigenvalue weighted by Gasteiger charge is 2.38. The molecule has 16 heavy (non-hydrogen) atoms. The van der Waals surface area contributed by atoms with E-state index in [4.69, 9.17) is 4.43 Å². The lowest BCUT2D eigenvalue weighted by atomic mass is 10.2. The fourth-order valence-electron chi connectivity index (χ4n) is 1.18. The molecule has 0 unspecified atom stereocenters. The van der Waals surface area contributed by atoms with Gasteiger partial charge in [0.05, 0.1) is 6.10 Å². The van der Waals surface area contributed by atoms with Crippen LogP contribution in [0.1, 0.15) is 40.0 Å². The molecule has 0 aromatic carbocycles. The molecule has 0 aromatic rings. The summed E-state index contributed by atoms with van der Waals surface area (Å²) in [6, 6.07) is 0. The van der Waals surface area contributed by atoms with Crippen LogP contribution < -0.4 is 0 Å². The van der Waals surface area contributed by atoms with E-state index in [1.807, 2.05) is 6.08 Å². The minimum absolute atomic E-state index is 0.0980. The zero-order valence-electron chi connectivity index (χ0n) is 11.4. The summed E-state index contributed by atoms with van der Waals surface area (Å²) in [6.07, 6.45) is 5.33. The van der Waals surface area contributed by atoms with E-state index in [1.165, 1.54) is 0 Å². The zero-order valence-corrected chi connectivity index (χ0v) is 12.4. The van der Waals surface area contributed by atoms with Crippen molar-refractivity contribution in [1.82, 2.24) is 0 Å². The van der Waals surface area contributed by atoms with Crippen molar-refractivity contribution in [2.24, 2.45) is 0 Å². The number of carbonyl (C=O) groups excluding carboxylic acids is 1. The van der Waals surface area contributed by atoms with Gasteiger partial charge >= 0.3 is 0 Å². The average Bonchev–Trinajstić information content (AvgIpc) is 2.14. The van der Waals surface area contributed by atoms with Gasteiger partial charge in [0.1, 0.15) is 6.29 Å². The Labute approximate surface area is 101 Å². The molecule has 0 amide bonds. The van der Waals surface area contributed by atoms with Crippen LogP contribution in [0.5, 0.6) is 0 Å². The molecule has 0 heterocycles. The summed E-state index contributed by atoms with van der Waals surface area (Å²) >= 11 is 0. The standard InChI is InChI=1S/C13H26O2Si/c1-7-12(10-8-9-11-14)15-16(5,6)13(2,3)4/h7,11-12H,1,8-10H2,2-6H3/t12-/m0/s1. The van der Waals surface area contributed by atoms with E-state index in [1.54, 1.807) is 0 Å². The zero-order chi connectivity index (χ0) is 12.8. The topological polar surface area (TPSA) is 26.3 Å². The second-order valence-electron chi connectivity index (χ2n) is 5.75. The quantitative estimate of drug-likeness (QED) is 0.293. The lowest BCUT2D eigenvalue weighted by molar-refractivity contribution is -0.108. The molecule has 0 aliphatic heterocycles. The summed E-state index contributed by atoms with van der Waals surface area (Å²) in [7, 11) is -1.71. The fourth-order valence-corrected chi connectivity index (χ4v) is 2.51. The predicted molar refractivity (Wildman–Crippen MR) is 72.2 cm³/mol. The lowest BCUT2D eigenvalue weighted by Crippen LogP contribution is -2.43. The third-order valence-corrected chi connectivity index (χ3v) is 7.83. The molecule has 0 aliphatic rings. The summed E-state index contributed by atoms with van der Waals surface area (Å²) in [6.45, 7) is 15.0. The van der Waals surface area contributed by atoms with Gasteiger partial charge in [-0.2, -0.15) is 0 Å². The van der Waals surface area contributed by atoms with Crippen molar-refractivity contribution in [2.45, 2.75) is 64.3 Å². The van der Waals surface area contributed by atoms with Crippen LogP contribution >= 0.6 is 0 Å². The number of hydrogen-bond donors (Lipinski definition) is 0. The molecule has 0 spiro atoms. The van der Waals surface area contributed by atoms with Gasteiger partial charge in [-0.15, -0.1) is 6.58 Å². The van der Waals surface area contributed by atoms with Gasteiger partial charge in [-0.05, 0) is 31.0 Å². The van der Waals surface area contributed by atoms with Gasteiger partial charge in [0.25, 0.3) is 0 Å². The summed E-state index contributed by atoms with van der Waals surface area (Å²) < 4.78 is 6.20. The molecular formula is C13H26O2Si. The van der Waals surface area contributed by atoms with E-state index in [0.717, 1.165) is 19.1 Å². The molecule has 2 nitrogen and oxygen atoms in total. The number of carbonyl (C=O) groups is 1. The van der Waals surface area contributed by atoms with Gasteiger partial charge in [-0.3, -0.25) is 0 Å². The average molecular weight is 242 g/mol. The maximum absolute atomic E-state index is 10.3. The van der Waals surface area contributed by atoms with Crippen molar-refractivity contribution >= 4 is 14.6 Å². The highest BCUT2D eigenvalue weighted by Crippen LogP contribution is 2.37. The molecule has 0 N–H and O–H groups in total. The third kappa shape index (κ3) is 5.08. The van der Waals surface area contributed by atoms with Gasteiger partial charge in [-0.1, -0.05) is 26.8 Å². The highest BCUT2D eigenvalue weighted by molar-refractivity contribution is 6.74. The Morgan fingerprint density at radius 3 is 2.31 bits per heavy atom. The van der Waals surface area contributed by atoms with Gasteiger partial charge in [0.2, 0.25) is 0 Å². The molecule has 0 saturated heterocycles. The Bertz CT molecular complexity index is 229. The molecule has 3 heteroatoms. The summed E-state index contributed by atoms with van der Waals surface area (Å²) in [5, 5.41) is 0.221. The van der Waals surface area contributed by atoms with Crippen molar-refractivity contribution in [1.29, 1.82) is 0 Å². The molecule has 0 saturated carbocycles. The molecule has 0 rings (SSSR count). The van der Waals surface area contributed by atoms with Crippen molar-refractivity contribution in [2.75, 3.05) is 0 Å². The van der Waals surface area contributed by atoms with Crippen LogP contribution in [-0.2, 0) is 9.22 Å². The third-order valence-electron chi connectivity index (χ3n) is 3.33. The largest absolute Gasteiger partial charge is 0.411 e. The molecule has 1 atom stereocenters. The summed E-state index contributed by atoms with van der Waals surface area (Å²) in [4.78, 5) is 10.3. The van der Waals surface area contributed by atoms with Crippen molar-refractivity contribution in [3.8, 4) is 0 Å². The van der Waals surface area contributed by atoms with E-state index >= 15 is 0 Å². The first-order chi connectivity index (χ1) is 7.24. The smallest absolute Gasteiger partial charge is 0.192 e. The summed E-state index contributed by atoms with van der Waals surface area (Å²) in [5.74, 6) is 0. The molecule has 0 aliphatic carbocycles. The predicted octanol–water partition coefficient (Wildman–Crippen LogP) is 3.93. The maximum Gasteiger partial charge on any atom is 0.192 e. The molecule has 0 radical (unpaired) electrons. The Morgan fingerprint density at radius 2 is 1.94 bits per heavy atom. The molecule has 0 fully saturated rings. The Kier molecular flexibility index (Phi) is 6.19. The van der Waals surface area contributed by atoms with E-state index in [-0.39, 0.29) is 11.1 Å². The van der Waals surface area contributed by atoms with Crippen molar-refractivity contribution in [3.05, 3.63) is 12.7 Å². The van der Waals surface area contributed by atoms with Crippen molar-refractivity contribution in [3.63, 3.8) is 0 Å².